The highest BCUT2D eigenvalue weighted by molar-refractivity contribution is 5.90. The molecule has 1 saturated heterocycles. The zero-order valence-corrected chi connectivity index (χ0v) is 39.2. The van der Waals surface area contributed by atoms with Crippen molar-refractivity contribution in [1.82, 2.24) is 30.7 Å². The molecule has 1 heterocycles. The minimum Gasteiger partial charge on any atom is -0.379 e. The van der Waals surface area contributed by atoms with Crippen molar-refractivity contribution in [2.75, 3.05) is 41.9 Å². The molecule has 0 aromatic heterocycles. The number of nitrogens with one attached hydrogen (secondary N) is 3. The van der Waals surface area contributed by atoms with Crippen LogP contribution in [0, 0.1) is 30.6 Å². The predicted molar refractivity (Wildman–Crippen MR) is 240 cm³/mol. The highest BCUT2D eigenvalue weighted by Gasteiger charge is 2.43. The fourth-order valence-electron chi connectivity index (χ4n) is 8.79. The molecule has 0 spiro atoms. The molecule has 0 aliphatic carbocycles. The SMILES string of the molecule is CC[C@H](C)[C@@H]([C@@H](CC(=O)N1CCC[C@H]1[C@H](OC)[C@@H](C)C(=O)N[C@H](Cc1ccccc1)C(=O)NCc1ccc(C)cc1)OC)N(C)C(=O)[C@@H](NC(=O)[C@H](C(C)C)N(C)C)C(C)C. The molecule has 1 aliphatic rings. The van der Waals surface area contributed by atoms with Crippen LogP contribution in [0.15, 0.2) is 54.6 Å². The van der Waals surface area contributed by atoms with Gasteiger partial charge in [-0.25, -0.2) is 0 Å². The summed E-state index contributed by atoms with van der Waals surface area (Å²) < 4.78 is 12.1. The number of hydrogen-bond acceptors (Lipinski definition) is 8. The lowest BCUT2D eigenvalue weighted by Crippen LogP contribution is -2.59. The van der Waals surface area contributed by atoms with Gasteiger partial charge < -0.3 is 35.2 Å². The molecule has 340 valence electrons. The number of hydrogen-bond donors (Lipinski definition) is 3. The van der Waals surface area contributed by atoms with E-state index in [2.05, 4.69) is 16.0 Å². The number of carbonyl (C=O) groups excluding carboxylic acids is 5. The second-order valence-corrected chi connectivity index (χ2v) is 17.9. The summed E-state index contributed by atoms with van der Waals surface area (Å²) in [6, 6.07) is 14.6. The van der Waals surface area contributed by atoms with Crippen LogP contribution in [-0.4, -0.2) is 129 Å². The number of ether oxygens (including phenoxy) is 2. The van der Waals surface area contributed by atoms with Gasteiger partial charge in [-0.2, -0.15) is 0 Å². The molecule has 13 heteroatoms. The molecule has 2 aromatic rings. The van der Waals surface area contributed by atoms with Gasteiger partial charge in [-0.1, -0.05) is 115 Å². The van der Waals surface area contributed by atoms with E-state index in [0.29, 0.717) is 25.9 Å². The van der Waals surface area contributed by atoms with Crippen LogP contribution in [0.1, 0.15) is 90.8 Å². The molecule has 13 nitrogen and oxygen atoms in total. The second-order valence-electron chi connectivity index (χ2n) is 17.9. The van der Waals surface area contributed by atoms with Gasteiger partial charge in [0.15, 0.2) is 0 Å². The molecular formula is C48H76N6O7. The number of aryl methyl sites for hydroxylation is 1. The first-order chi connectivity index (χ1) is 28.9. The summed E-state index contributed by atoms with van der Waals surface area (Å²) in [5.74, 6) is -2.13. The lowest BCUT2D eigenvalue weighted by atomic mass is 9.89. The highest BCUT2D eigenvalue weighted by Crippen LogP contribution is 2.30. The first kappa shape index (κ1) is 51.0. The van der Waals surface area contributed by atoms with Gasteiger partial charge >= 0.3 is 0 Å². The summed E-state index contributed by atoms with van der Waals surface area (Å²) in [6.07, 6.45) is 1.10. The van der Waals surface area contributed by atoms with Crippen molar-refractivity contribution in [2.24, 2.45) is 23.7 Å². The summed E-state index contributed by atoms with van der Waals surface area (Å²) in [5, 5.41) is 9.06. The van der Waals surface area contributed by atoms with Crippen molar-refractivity contribution in [2.45, 2.75) is 136 Å². The molecule has 0 bridgehead atoms. The number of amides is 5. The molecular weight excluding hydrogens is 773 g/mol. The first-order valence-corrected chi connectivity index (χ1v) is 22.1. The van der Waals surface area contributed by atoms with E-state index in [-0.39, 0.29) is 53.7 Å². The maximum absolute atomic E-state index is 14.4. The van der Waals surface area contributed by atoms with Crippen molar-refractivity contribution in [3.8, 4) is 0 Å². The smallest absolute Gasteiger partial charge is 0.245 e. The maximum Gasteiger partial charge on any atom is 0.245 e. The number of likely N-dealkylation sites (tertiary alicyclic amines) is 1. The van der Waals surface area contributed by atoms with Crippen LogP contribution >= 0.6 is 0 Å². The molecule has 9 atom stereocenters. The molecule has 0 radical (unpaired) electrons. The standard InChI is InChI=1S/C48H76N6O7/c1-14-33(7)43(53(11)48(59)41(30(2)3)51-47(58)42(31(4)5)52(9)10)39(60-12)28-40(55)54-26-18-21-38(54)44(61-13)34(8)45(56)50-37(27-35-19-16-15-17-20-35)46(57)49-29-36-24-22-32(6)23-25-36/h15-17,19-20,22-25,30-31,33-34,37-39,41-44H,14,18,21,26-29H2,1-13H3,(H,49,57)(H,50,56)(H,51,58)/t33-,34+,37+,38-,39+,41-,42-,43-,44+/m0/s1. The van der Waals surface area contributed by atoms with Crippen LogP contribution in [0.2, 0.25) is 0 Å². The number of methoxy groups -OCH3 is 2. The molecule has 1 fully saturated rings. The normalized spacial score (nSPS) is 18.2. The van der Waals surface area contributed by atoms with Gasteiger partial charge in [0.25, 0.3) is 0 Å². The van der Waals surface area contributed by atoms with Crippen molar-refractivity contribution in [1.29, 1.82) is 0 Å². The minimum absolute atomic E-state index is 0.00565. The van der Waals surface area contributed by atoms with Crippen LogP contribution in [0.4, 0.5) is 0 Å². The van der Waals surface area contributed by atoms with Gasteiger partial charge in [0.05, 0.1) is 42.7 Å². The van der Waals surface area contributed by atoms with Crippen LogP contribution in [0.25, 0.3) is 0 Å². The summed E-state index contributed by atoms with van der Waals surface area (Å²) in [7, 11) is 8.56. The topological polar surface area (TPSA) is 150 Å². The Labute approximate surface area is 366 Å². The number of nitrogens with zero attached hydrogens (tertiary/aromatic N) is 3. The van der Waals surface area contributed by atoms with Crippen LogP contribution in [-0.2, 0) is 46.4 Å². The fourth-order valence-corrected chi connectivity index (χ4v) is 8.79. The van der Waals surface area contributed by atoms with Gasteiger partial charge in [-0.15, -0.1) is 0 Å². The van der Waals surface area contributed by atoms with Crippen LogP contribution < -0.4 is 16.0 Å². The molecule has 2 aromatic carbocycles. The number of likely N-dealkylation sites (N-methyl/N-ethyl adjacent to an activating group) is 2. The fraction of sp³-hybridized carbons (Fsp3) is 0.646. The van der Waals surface area contributed by atoms with Crippen molar-refractivity contribution in [3.05, 3.63) is 71.3 Å². The Morgan fingerprint density at radius 1 is 0.803 bits per heavy atom. The van der Waals surface area contributed by atoms with Gasteiger partial charge in [-0.3, -0.25) is 28.9 Å². The van der Waals surface area contributed by atoms with E-state index in [1.807, 2.05) is 122 Å². The summed E-state index contributed by atoms with van der Waals surface area (Å²) in [4.78, 5) is 75.3. The molecule has 0 unspecified atom stereocenters. The molecule has 0 saturated carbocycles. The van der Waals surface area contributed by atoms with Crippen molar-refractivity contribution >= 4 is 29.5 Å². The van der Waals surface area contributed by atoms with E-state index >= 15 is 0 Å². The van der Waals surface area contributed by atoms with E-state index in [4.69, 9.17) is 9.47 Å². The highest BCUT2D eigenvalue weighted by atomic mass is 16.5. The Hall–Kier alpha value is -4.33. The molecule has 5 amide bonds. The Morgan fingerprint density at radius 3 is 1.98 bits per heavy atom. The lowest BCUT2D eigenvalue weighted by Gasteiger charge is -2.41. The molecule has 61 heavy (non-hydrogen) atoms. The van der Waals surface area contributed by atoms with Gasteiger partial charge in [-0.05, 0) is 62.7 Å². The third-order valence-corrected chi connectivity index (χ3v) is 12.4. The zero-order chi connectivity index (χ0) is 45.6. The van der Waals surface area contributed by atoms with Crippen LogP contribution in [0.5, 0.6) is 0 Å². The van der Waals surface area contributed by atoms with E-state index in [9.17, 15) is 24.0 Å². The minimum atomic E-state index is -0.838. The third kappa shape index (κ3) is 14.1. The summed E-state index contributed by atoms with van der Waals surface area (Å²) in [6.45, 7) is 16.5. The Morgan fingerprint density at radius 2 is 1.44 bits per heavy atom. The monoisotopic (exact) mass is 849 g/mol. The van der Waals surface area contributed by atoms with Crippen molar-refractivity contribution in [3.63, 3.8) is 0 Å². The zero-order valence-electron chi connectivity index (χ0n) is 39.2. The van der Waals surface area contributed by atoms with E-state index < -0.39 is 48.3 Å². The Balaban J connectivity index is 1.79. The predicted octanol–water partition coefficient (Wildman–Crippen LogP) is 4.99. The largest absolute Gasteiger partial charge is 0.379 e. The van der Waals surface area contributed by atoms with E-state index in [1.54, 1.807) is 38.0 Å². The molecule has 3 rings (SSSR count). The average Bonchev–Trinajstić information content (AvgIpc) is 3.71. The Kier molecular flexibility index (Phi) is 20.4. The molecule has 1 aliphatic heterocycles. The molecule has 3 N–H and O–H groups in total. The van der Waals surface area contributed by atoms with Crippen LogP contribution in [0.3, 0.4) is 0 Å². The number of benzene rings is 2. The van der Waals surface area contributed by atoms with Gasteiger partial charge in [0.1, 0.15) is 12.1 Å². The van der Waals surface area contributed by atoms with E-state index in [1.165, 1.54) is 0 Å². The summed E-state index contributed by atoms with van der Waals surface area (Å²) in [5.41, 5.74) is 2.99. The quantitative estimate of drug-likeness (QED) is 0.142. The maximum atomic E-state index is 14.4. The Bertz CT molecular complexity index is 1700. The van der Waals surface area contributed by atoms with Gasteiger partial charge in [0.2, 0.25) is 29.5 Å². The van der Waals surface area contributed by atoms with E-state index in [0.717, 1.165) is 29.5 Å². The number of rotatable bonds is 23. The summed E-state index contributed by atoms with van der Waals surface area (Å²) >= 11 is 0. The van der Waals surface area contributed by atoms with Gasteiger partial charge in [0, 0.05) is 40.8 Å². The first-order valence-electron chi connectivity index (χ1n) is 22.1. The number of carbonyl (C=O) groups is 5. The third-order valence-electron chi connectivity index (χ3n) is 12.4. The average molecular weight is 849 g/mol. The van der Waals surface area contributed by atoms with Crippen molar-refractivity contribution < 1.29 is 33.4 Å². The lowest BCUT2D eigenvalue weighted by molar-refractivity contribution is -0.148. The second kappa shape index (κ2) is 24.3.